The van der Waals surface area contributed by atoms with Gasteiger partial charge in [-0.05, 0) is 84.6 Å². The lowest BCUT2D eigenvalue weighted by Gasteiger charge is -2.45. The second-order valence-electron chi connectivity index (χ2n) is 21.9. The third-order valence-electron chi connectivity index (χ3n) is 14.3. The number of carbonyl (C=O) groups excluding carboxylic acids is 2. The summed E-state index contributed by atoms with van der Waals surface area (Å²) < 4.78 is 26.9. The highest BCUT2D eigenvalue weighted by atomic mass is 28.4. The van der Waals surface area contributed by atoms with Crippen LogP contribution in [0.5, 0.6) is 0 Å². The molecule has 0 aliphatic carbocycles. The maximum absolute atomic E-state index is 13.4. The highest BCUT2D eigenvalue weighted by molar-refractivity contribution is 6.99. The molecule has 8 heteroatoms. The van der Waals surface area contributed by atoms with Crippen molar-refractivity contribution >= 4 is 38.8 Å². The lowest BCUT2D eigenvalue weighted by molar-refractivity contribution is -0.139. The summed E-state index contributed by atoms with van der Waals surface area (Å²) in [6.45, 7) is 22.4. The Hall–Kier alpha value is -2.81. The molecule has 2 heterocycles. The van der Waals surface area contributed by atoms with Crippen molar-refractivity contribution in [3.8, 4) is 11.8 Å². The SMILES string of the molecule is CCCCCCCCCCCCCCC#CC(=O)C[C@H](O[Si](C)(C)C(C)(C)C)[C@@H]1CC[C@@H](CCCCC[C@H](CC2=C[C@H](C)OC2=O)O[Si](c2ccccc2)(c2ccccc2)C(C)(C)C)O1. The molecular weight excluding hydrogens is 837 g/mol. The summed E-state index contributed by atoms with van der Waals surface area (Å²) in [5, 5.41) is 2.34. The Morgan fingerprint density at radius 2 is 1.29 bits per heavy atom. The maximum Gasteiger partial charge on any atom is 0.334 e. The molecule has 0 aromatic heterocycles. The molecule has 362 valence electrons. The molecule has 2 aliphatic heterocycles. The molecular formula is C57H90O6Si2. The first-order chi connectivity index (χ1) is 31.0. The van der Waals surface area contributed by atoms with E-state index in [9.17, 15) is 9.59 Å². The number of hydrogen-bond acceptors (Lipinski definition) is 6. The Morgan fingerprint density at radius 3 is 1.82 bits per heavy atom. The summed E-state index contributed by atoms with van der Waals surface area (Å²) in [7, 11) is -5.00. The second-order valence-corrected chi connectivity index (χ2v) is 30.9. The van der Waals surface area contributed by atoms with Crippen molar-refractivity contribution in [2.24, 2.45) is 0 Å². The van der Waals surface area contributed by atoms with E-state index < -0.39 is 16.6 Å². The van der Waals surface area contributed by atoms with Gasteiger partial charge in [0.1, 0.15) is 6.10 Å². The Balaban J connectivity index is 1.31. The summed E-state index contributed by atoms with van der Waals surface area (Å²) in [4.78, 5) is 26.3. The minimum absolute atomic E-state index is 0.0226. The van der Waals surface area contributed by atoms with Gasteiger partial charge in [0.25, 0.3) is 8.32 Å². The Kier molecular flexibility index (Phi) is 23.0. The summed E-state index contributed by atoms with van der Waals surface area (Å²) in [6.07, 6.45) is 25.6. The van der Waals surface area contributed by atoms with E-state index in [0.717, 1.165) is 63.4 Å². The quantitative estimate of drug-likeness (QED) is 0.0266. The lowest BCUT2D eigenvalue weighted by atomic mass is 10.0. The first-order valence-electron chi connectivity index (χ1n) is 26.0. The molecule has 0 radical (unpaired) electrons. The number of carbonyl (C=O) groups is 2. The van der Waals surface area contributed by atoms with Gasteiger partial charge >= 0.3 is 5.97 Å². The van der Waals surface area contributed by atoms with Gasteiger partial charge in [0, 0.05) is 24.8 Å². The highest BCUT2D eigenvalue weighted by Gasteiger charge is 2.51. The number of Topliss-reactive ketones (excluding diaryl/α,β-unsaturated/α-hetero) is 1. The van der Waals surface area contributed by atoms with Crippen molar-refractivity contribution in [3.05, 3.63) is 72.3 Å². The highest BCUT2D eigenvalue weighted by Crippen LogP contribution is 2.41. The van der Waals surface area contributed by atoms with Crippen LogP contribution in [0.1, 0.15) is 197 Å². The molecule has 0 N–H and O–H groups in total. The minimum Gasteiger partial charge on any atom is -0.455 e. The van der Waals surface area contributed by atoms with Crippen LogP contribution in [0.25, 0.3) is 0 Å². The second kappa shape index (κ2) is 27.3. The van der Waals surface area contributed by atoms with Gasteiger partial charge in [0.05, 0.1) is 24.4 Å². The third-order valence-corrected chi connectivity index (χ3v) is 23.9. The third kappa shape index (κ3) is 17.7. The van der Waals surface area contributed by atoms with Crippen molar-refractivity contribution in [3.63, 3.8) is 0 Å². The van der Waals surface area contributed by atoms with Gasteiger partial charge in [0.15, 0.2) is 8.32 Å². The maximum atomic E-state index is 13.4. The molecule has 2 aliphatic rings. The standard InChI is InChI=1S/C57H90O6Si2/c1-11-12-13-14-15-16-17-18-19-20-21-22-23-27-34-48(58)45-54(63-64(9,10)56(3,4)5)53-42-41-49(61-53)35-28-24-29-36-50(44-47-43-46(2)60-55(47)59)62-65(57(6,7)8,51-37-30-25-31-38-51)52-39-32-26-33-40-52/h25-26,30-33,37-40,43,46,49-50,53-54H,11-24,28-29,35-36,41-42,44-45H2,1-10H3/t46-,49+,50+,53-,54-/m0/s1. The van der Waals surface area contributed by atoms with Gasteiger partial charge in [-0.15, -0.1) is 0 Å². The average molecular weight is 928 g/mol. The van der Waals surface area contributed by atoms with Crippen molar-refractivity contribution < 1.29 is 27.9 Å². The molecule has 2 aromatic rings. The molecule has 4 rings (SSSR count). The predicted molar refractivity (Wildman–Crippen MR) is 277 cm³/mol. The number of esters is 1. The Morgan fingerprint density at radius 1 is 0.738 bits per heavy atom. The number of rotatable bonds is 29. The van der Waals surface area contributed by atoms with Crippen LogP contribution in [0.3, 0.4) is 0 Å². The smallest absolute Gasteiger partial charge is 0.334 e. The first-order valence-corrected chi connectivity index (χ1v) is 30.8. The Labute approximate surface area is 399 Å². The van der Waals surface area contributed by atoms with Gasteiger partial charge in [-0.2, -0.15) is 0 Å². The minimum atomic E-state index is -2.84. The van der Waals surface area contributed by atoms with Crippen LogP contribution in [0, 0.1) is 11.8 Å². The average Bonchev–Trinajstić information content (AvgIpc) is 3.86. The molecule has 0 unspecified atom stereocenters. The van der Waals surface area contributed by atoms with Gasteiger partial charge < -0.3 is 18.3 Å². The predicted octanol–water partition coefficient (Wildman–Crippen LogP) is 14.1. The number of ether oxygens (including phenoxy) is 2. The fraction of sp³-hybridized carbons (Fsp3) is 0.684. The largest absolute Gasteiger partial charge is 0.455 e. The lowest BCUT2D eigenvalue weighted by Crippen LogP contribution is -2.67. The summed E-state index contributed by atoms with van der Waals surface area (Å²) >= 11 is 0. The number of cyclic esters (lactones) is 1. The monoisotopic (exact) mass is 927 g/mol. The zero-order valence-corrected chi connectivity index (χ0v) is 44.7. The topological polar surface area (TPSA) is 71.1 Å². The molecule has 5 atom stereocenters. The molecule has 0 bridgehead atoms. The van der Waals surface area contributed by atoms with E-state index in [2.05, 4.69) is 134 Å². The van der Waals surface area contributed by atoms with Crippen molar-refractivity contribution in [1.29, 1.82) is 0 Å². The van der Waals surface area contributed by atoms with Gasteiger partial charge in [-0.25, -0.2) is 4.79 Å². The van der Waals surface area contributed by atoms with E-state index in [1.165, 1.54) is 81.0 Å². The molecule has 65 heavy (non-hydrogen) atoms. The Bertz CT molecular complexity index is 1740. The van der Waals surface area contributed by atoms with Crippen LogP contribution in [-0.4, -0.2) is 58.9 Å². The zero-order valence-electron chi connectivity index (χ0n) is 42.7. The van der Waals surface area contributed by atoms with Crippen LogP contribution >= 0.6 is 0 Å². The van der Waals surface area contributed by atoms with E-state index in [1.807, 2.05) is 13.0 Å². The number of unbranched alkanes of at least 4 members (excludes halogenated alkanes) is 14. The van der Waals surface area contributed by atoms with Crippen LogP contribution in [-0.2, 0) is 27.9 Å². The van der Waals surface area contributed by atoms with Gasteiger partial charge in [-0.3, -0.25) is 4.79 Å². The van der Waals surface area contributed by atoms with E-state index in [4.69, 9.17) is 18.3 Å². The fourth-order valence-electron chi connectivity index (χ4n) is 9.56. The summed E-state index contributed by atoms with van der Waals surface area (Å²) in [5.41, 5.74) is 0.726. The molecule has 0 spiro atoms. The van der Waals surface area contributed by atoms with Crippen LogP contribution in [0.2, 0.25) is 23.2 Å². The summed E-state index contributed by atoms with van der Waals surface area (Å²) in [5.74, 6) is 5.96. The van der Waals surface area contributed by atoms with E-state index in [0.29, 0.717) is 12.8 Å². The number of ketones is 1. The number of benzene rings is 2. The molecule has 1 fully saturated rings. The van der Waals surface area contributed by atoms with Crippen LogP contribution in [0.15, 0.2) is 72.3 Å². The number of hydrogen-bond donors (Lipinski definition) is 0. The zero-order chi connectivity index (χ0) is 47.4. The van der Waals surface area contributed by atoms with Crippen molar-refractivity contribution in [2.75, 3.05) is 0 Å². The van der Waals surface area contributed by atoms with Gasteiger partial charge in [-0.1, -0.05) is 205 Å². The fourth-order valence-corrected chi connectivity index (χ4v) is 15.6. The molecule has 0 amide bonds. The first kappa shape index (κ1) is 54.8. The van der Waals surface area contributed by atoms with E-state index in [1.54, 1.807) is 0 Å². The van der Waals surface area contributed by atoms with E-state index >= 15 is 0 Å². The van der Waals surface area contributed by atoms with Crippen LogP contribution in [0.4, 0.5) is 0 Å². The van der Waals surface area contributed by atoms with Crippen molar-refractivity contribution in [2.45, 2.75) is 250 Å². The van der Waals surface area contributed by atoms with E-state index in [-0.39, 0.29) is 52.3 Å². The molecule has 2 aromatic carbocycles. The summed E-state index contributed by atoms with van der Waals surface area (Å²) in [6, 6.07) is 21.5. The normalized spacial score (nSPS) is 19.1. The molecule has 6 nitrogen and oxygen atoms in total. The van der Waals surface area contributed by atoms with Crippen molar-refractivity contribution in [1.82, 2.24) is 0 Å². The van der Waals surface area contributed by atoms with Crippen LogP contribution < -0.4 is 10.4 Å². The molecule has 1 saturated heterocycles. The van der Waals surface area contributed by atoms with Gasteiger partial charge in [0.2, 0.25) is 5.78 Å². The molecule has 0 saturated carbocycles.